The van der Waals surface area contributed by atoms with Gasteiger partial charge < -0.3 is 10.0 Å². The third-order valence-corrected chi connectivity index (χ3v) is 3.28. The maximum atomic E-state index is 10.8. The summed E-state index contributed by atoms with van der Waals surface area (Å²) in [5.41, 5.74) is 2.05. The lowest BCUT2D eigenvalue weighted by atomic mass is 10.1. The topological polar surface area (TPSA) is 64.3 Å². The maximum absolute atomic E-state index is 10.8. The van der Waals surface area contributed by atoms with Gasteiger partial charge >= 0.3 is 5.97 Å². The van der Waals surface area contributed by atoms with E-state index in [-0.39, 0.29) is 5.56 Å². The van der Waals surface area contributed by atoms with Gasteiger partial charge in [0.05, 0.1) is 21.8 Å². The van der Waals surface area contributed by atoms with Crippen molar-refractivity contribution in [2.45, 2.75) is 0 Å². The Labute approximate surface area is 121 Å². The number of nitriles is 1. The molecule has 0 bridgehead atoms. The quantitative estimate of drug-likeness (QED) is 0.935. The van der Waals surface area contributed by atoms with Gasteiger partial charge in [-0.05, 0) is 36.4 Å². The smallest absolute Gasteiger partial charge is 0.335 e. The normalized spacial score (nSPS) is 9.85. The van der Waals surface area contributed by atoms with Crippen LogP contribution < -0.4 is 4.90 Å². The summed E-state index contributed by atoms with van der Waals surface area (Å²) in [6.07, 6.45) is 0. The van der Waals surface area contributed by atoms with Crippen LogP contribution in [-0.2, 0) is 0 Å². The second-order valence-corrected chi connectivity index (χ2v) is 4.56. The van der Waals surface area contributed by atoms with Crippen molar-refractivity contribution in [1.29, 1.82) is 5.26 Å². The van der Waals surface area contributed by atoms with Crippen LogP contribution in [0.3, 0.4) is 0 Å². The lowest BCUT2D eigenvalue weighted by molar-refractivity contribution is 0.0697. The number of aromatic carboxylic acids is 1. The van der Waals surface area contributed by atoms with Crippen molar-refractivity contribution >= 4 is 28.9 Å². The number of hydrogen-bond acceptors (Lipinski definition) is 3. The second-order valence-electron chi connectivity index (χ2n) is 4.16. The first kappa shape index (κ1) is 13.9. The van der Waals surface area contributed by atoms with Crippen LogP contribution in [0, 0.1) is 11.3 Å². The molecule has 0 heterocycles. The van der Waals surface area contributed by atoms with Crippen LogP contribution >= 0.6 is 11.6 Å². The van der Waals surface area contributed by atoms with E-state index in [0.717, 1.165) is 5.69 Å². The molecule has 2 aromatic carbocycles. The summed E-state index contributed by atoms with van der Waals surface area (Å²) in [4.78, 5) is 12.6. The molecule has 0 fully saturated rings. The number of halogens is 1. The number of carboxylic acids is 1. The number of nitrogens with zero attached hydrogens (tertiary/aromatic N) is 2. The number of carbonyl (C=O) groups is 1. The average molecular weight is 287 g/mol. The van der Waals surface area contributed by atoms with Gasteiger partial charge in [-0.2, -0.15) is 5.26 Å². The molecular weight excluding hydrogens is 276 g/mol. The van der Waals surface area contributed by atoms with Gasteiger partial charge in [-0.25, -0.2) is 4.79 Å². The zero-order chi connectivity index (χ0) is 14.7. The monoisotopic (exact) mass is 286 g/mol. The molecule has 0 aliphatic carbocycles. The summed E-state index contributed by atoms with van der Waals surface area (Å²) in [5, 5.41) is 18.4. The predicted octanol–water partition coefficient (Wildman–Crippen LogP) is 3.68. The molecule has 0 aliphatic rings. The van der Waals surface area contributed by atoms with Crippen LogP contribution in [0.2, 0.25) is 5.02 Å². The van der Waals surface area contributed by atoms with Crippen molar-refractivity contribution in [2.24, 2.45) is 0 Å². The van der Waals surface area contributed by atoms with E-state index in [1.165, 1.54) is 12.1 Å². The van der Waals surface area contributed by atoms with Gasteiger partial charge in [0.1, 0.15) is 6.07 Å². The minimum Gasteiger partial charge on any atom is -0.478 e. The number of carboxylic acid groups (broad SMARTS) is 1. The van der Waals surface area contributed by atoms with Crippen molar-refractivity contribution in [3.05, 3.63) is 58.6 Å². The van der Waals surface area contributed by atoms with Gasteiger partial charge in [0.2, 0.25) is 0 Å². The van der Waals surface area contributed by atoms with Crippen LogP contribution in [0.25, 0.3) is 0 Å². The molecule has 0 aliphatic heterocycles. The molecular formula is C15H11ClN2O2. The van der Waals surface area contributed by atoms with Crippen molar-refractivity contribution in [1.82, 2.24) is 0 Å². The van der Waals surface area contributed by atoms with Gasteiger partial charge in [0, 0.05) is 12.7 Å². The molecule has 1 N–H and O–H groups in total. The Morgan fingerprint density at radius 1 is 1.25 bits per heavy atom. The van der Waals surface area contributed by atoms with Crippen LogP contribution in [0.15, 0.2) is 42.5 Å². The van der Waals surface area contributed by atoms with E-state index in [1.807, 2.05) is 0 Å². The summed E-state index contributed by atoms with van der Waals surface area (Å²) in [7, 11) is 1.79. The SMILES string of the molecule is CN(c1ccc(C(=O)O)cc1)c1cccc(Cl)c1C#N. The van der Waals surface area contributed by atoms with Crippen LogP contribution in [0.5, 0.6) is 0 Å². The highest BCUT2D eigenvalue weighted by Crippen LogP contribution is 2.30. The van der Waals surface area contributed by atoms with Crippen LogP contribution in [0.1, 0.15) is 15.9 Å². The highest BCUT2D eigenvalue weighted by Gasteiger charge is 2.12. The molecule has 2 aromatic rings. The highest BCUT2D eigenvalue weighted by molar-refractivity contribution is 6.32. The Balaban J connectivity index is 2.41. The Kier molecular flexibility index (Phi) is 3.92. The van der Waals surface area contributed by atoms with E-state index >= 15 is 0 Å². The van der Waals surface area contributed by atoms with E-state index in [0.29, 0.717) is 16.3 Å². The number of rotatable bonds is 3. The minimum absolute atomic E-state index is 0.216. The Morgan fingerprint density at radius 2 is 1.90 bits per heavy atom. The molecule has 0 aromatic heterocycles. The van der Waals surface area contributed by atoms with Gasteiger partial charge in [-0.15, -0.1) is 0 Å². The van der Waals surface area contributed by atoms with E-state index in [1.54, 1.807) is 42.3 Å². The first-order valence-electron chi connectivity index (χ1n) is 5.80. The second kappa shape index (κ2) is 5.64. The third kappa shape index (κ3) is 2.58. The number of hydrogen-bond donors (Lipinski definition) is 1. The first-order valence-corrected chi connectivity index (χ1v) is 6.18. The van der Waals surface area contributed by atoms with Crippen molar-refractivity contribution in [3.8, 4) is 6.07 Å². The lowest BCUT2D eigenvalue weighted by Gasteiger charge is -2.21. The fourth-order valence-electron chi connectivity index (χ4n) is 1.87. The largest absolute Gasteiger partial charge is 0.478 e. The minimum atomic E-state index is -0.973. The molecule has 0 radical (unpaired) electrons. The Morgan fingerprint density at radius 3 is 2.45 bits per heavy atom. The third-order valence-electron chi connectivity index (χ3n) is 2.97. The molecule has 0 saturated carbocycles. The van der Waals surface area contributed by atoms with E-state index in [9.17, 15) is 10.1 Å². The molecule has 0 atom stereocenters. The zero-order valence-corrected chi connectivity index (χ0v) is 11.4. The average Bonchev–Trinajstić information content (AvgIpc) is 2.46. The van der Waals surface area contributed by atoms with Gasteiger partial charge in [0.15, 0.2) is 0 Å². The van der Waals surface area contributed by atoms with Crippen molar-refractivity contribution < 1.29 is 9.90 Å². The molecule has 5 heteroatoms. The highest BCUT2D eigenvalue weighted by atomic mass is 35.5. The van der Waals surface area contributed by atoms with Crippen LogP contribution in [0.4, 0.5) is 11.4 Å². The molecule has 2 rings (SSSR count). The molecule has 0 amide bonds. The lowest BCUT2D eigenvalue weighted by Crippen LogP contribution is -2.11. The standard InChI is InChI=1S/C15H11ClN2O2/c1-18(11-7-5-10(6-8-11)15(19)20)14-4-2-3-13(16)12(14)9-17/h2-8H,1H3,(H,19,20). The summed E-state index contributed by atoms with van der Waals surface area (Å²) in [5.74, 6) is -0.973. The van der Waals surface area contributed by atoms with Crippen molar-refractivity contribution in [3.63, 3.8) is 0 Å². The summed E-state index contributed by atoms with van der Waals surface area (Å²) >= 11 is 6.00. The van der Waals surface area contributed by atoms with Gasteiger partial charge in [0.25, 0.3) is 0 Å². The fraction of sp³-hybridized carbons (Fsp3) is 0.0667. The molecule has 20 heavy (non-hydrogen) atoms. The maximum Gasteiger partial charge on any atom is 0.335 e. The molecule has 100 valence electrons. The molecule has 0 spiro atoms. The number of benzene rings is 2. The van der Waals surface area contributed by atoms with Crippen molar-refractivity contribution in [2.75, 3.05) is 11.9 Å². The summed E-state index contributed by atoms with van der Waals surface area (Å²) in [6.45, 7) is 0. The molecule has 0 unspecified atom stereocenters. The molecule has 4 nitrogen and oxygen atoms in total. The van der Waals surface area contributed by atoms with E-state index in [2.05, 4.69) is 6.07 Å². The predicted molar refractivity (Wildman–Crippen MR) is 77.6 cm³/mol. The Hall–Kier alpha value is -2.51. The summed E-state index contributed by atoms with van der Waals surface area (Å²) < 4.78 is 0. The fourth-order valence-corrected chi connectivity index (χ4v) is 2.08. The van der Waals surface area contributed by atoms with Crippen LogP contribution in [-0.4, -0.2) is 18.1 Å². The van der Waals surface area contributed by atoms with Gasteiger partial charge in [-0.1, -0.05) is 17.7 Å². The Bertz CT molecular complexity index is 690. The van der Waals surface area contributed by atoms with E-state index < -0.39 is 5.97 Å². The number of anilines is 2. The first-order chi connectivity index (χ1) is 9.54. The molecule has 0 saturated heterocycles. The summed E-state index contributed by atoms with van der Waals surface area (Å²) in [6, 6.07) is 13.7. The van der Waals surface area contributed by atoms with E-state index in [4.69, 9.17) is 16.7 Å². The zero-order valence-electron chi connectivity index (χ0n) is 10.7. The van der Waals surface area contributed by atoms with Gasteiger partial charge in [-0.3, -0.25) is 0 Å².